The third-order valence-corrected chi connectivity index (χ3v) is 1.31. The minimum atomic E-state index is 0. The van der Waals surface area contributed by atoms with Crippen LogP contribution in [0, 0.1) is 28.7 Å². The summed E-state index contributed by atoms with van der Waals surface area (Å²) < 4.78 is 0. The first-order valence-corrected chi connectivity index (χ1v) is 2.49. The molecule has 0 aliphatic carbocycles. The summed E-state index contributed by atoms with van der Waals surface area (Å²) in [7, 11) is 0. The summed E-state index contributed by atoms with van der Waals surface area (Å²) in [5.74, 6) is 0. The maximum Gasteiger partial charge on any atom is 3.00 e. The number of hydrogen-bond donors (Lipinski definition) is 0. The first kappa shape index (κ1) is 16.6. The molecule has 0 aliphatic heterocycles. The molecule has 1 radical (unpaired) electrons. The van der Waals surface area contributed by atoms with Crippen LogP contribution in [0.2, 0.25) is 0 Å². The van der Waals surface area contributed by atoms with Crippen molar-refractivity contribution in [3.63, 3.8) is 0 Å². The van der Waals surface area contributed by atoms with Crippen LogP contribution in [-0.2, 0) is 21.7 Å². The van der Waals surface area contributed by atoms with Crippen LogP contribution in [0.3, 0.4) is 0 Å². The predicted octanol–water partition coefficient (Wildman–Crippen LogP) is 2.92. The van der Waals surface area contributed by atoms with E-state index in [1.807, 2.05) is 0 Å². The zero-order valence-electron chi connectivity index (χ0n) is 7.23. The predicted molar refractivity (Wildman–Crippen MR) is 44.3 cm³/mol. The van der Waals surface area contributed by atoms with Gasteiger partial charge in [0.25, 0.3) is 0 Å². The molecule has 0 aromatic heterocycles. The molecule has 0 N–H and O–H groups in total. The Labute approximate surface area is 79.9 Å². The van der Waals surface area contributed by atoms with Crippen molar-refractivity contribution >= 4 is 0 Å². The van der Waals surface area contributed by atoms with Crippen molar-refractivity contribution in [3.8, 4) is 0 Å². The van der Waals surface area contributed by atoms with E-state index in [2.05, 4.69) is 32.0 Å². The molecule has 1 aromatic rings. The average molecular weight is 171 g/mol. The summed E-state index contributed by atoms with van der Waals surface area (Å²) in [6.45, 7) is 4.24. The van der Waals surface area contributed by atoms with Gasteiger partial charge in [-0.15, -0.1) is 0 Å². The molecule has 0 amide bonds. The Kier molecular flexibility index (Phi) is 11.9. The van der Waals surface area contributed by atoms with Crippen LogP contribution in [0.25, 0.3) is 0 Å². The summed E-state index contributed by atoms with van der Waals surface area (Å²) >= 11 is 0. The molecule has 0 spiro atoms. The Morgan fingerprint density at radius 3 is 1.40 bits per heavy atom. The van der Waals surface area contributed by atoms with E-state index in [9.17, 15) is 0 Å². The van der Waals surface area contributed by atoms with Crippen LogP contribution in [0.15, 0.2) is 18.2 Å². The van der Waals surface area contributed by atoms with Gasteiger partial charge >= 0.3 is 21.7 Å². The molecule has 1 rings (SSSR count). The molecule has 0 fully saturated rings. The van der Waals surface area contributed by atoms with Crippen LogP contribution in [0.5, 0.6) is 0 Å². The molecular formula is C9H15Ti. The van der Waals surface area contributed by atoms with E-state index in [4.69, 9.17) is 0 Å². The van der Waals surface area contributed by atoms with Crippen molar-refractivity contribution in [2.75, 3.05) is 0 Å². The largest absolute Gasteiger partial charge is 3.00 e. The quantitative estimate of drug-likeness (QED) is 0.415. The molecule has 1 heteroatoms. The van der Waals surface area contributed by atoms with E-state index in [0.717, 1.165) is 0 Å². The van der Waals surface area contributed by atoms with Crippen LogP contribution in [-0.4, -0.2) is 0 Å². The smallest absolute Gasteiger partial charge is 0.358 e. The molecule has 0 aliphatic rings. The van der Waals surface area contributed by atoms with Gasteiger partial charge in [-0.1, -0.05) is 13.8 Å². The Hall–Kier alpha value is 0.0643. The minimum absolute atomic E-state index is 0. The van der Waals surface area contributed by atoms with Gasteiger partial charge in [0.05, 0.1) is 0 Å². The summed E-state index contributed by atoms with van der Waals surface area (Å²) in [6, 6.07) is 6.31. The molecule has 0 heterocycles. The van der Waals surface area contributed by atoms with Gasteiger partial charge in [0.2, 0.25) is 0 Å². The Morgan fingerprint density at radius 2 is 1.30 bits per heavy atom. The summed E-state index contributed by atoms with van der Waals surface area (Å²) in [5, 5.41) is 0. The zero-order valence-corrected chi connectivity index (χ0v) is 8.79. The summed E-state index contributed by atoms with van der Waals surface area (Å²) in [5.41, 5.74) is 2.78. The summed E-state index contributed by atoms with van der Waals surface area (Å²) in [6.07, 6.45) is 0. The maximum atomic E-state index is 2.12. The molecule has 0 atom stereocenters. The molecule has 0 saturated heterocycles. The second-order valence-corrected chi connectivity index (χ2v) is 1.89. The zero-order chi connectivity index (χ0) is 5.28. The SMILES string of the molecule is Cc1c[cH-]cc1C.[CH3-].[CH3-].[Ti+3]. The Morgan fingerprint density at radius 1 is 1.00 bits per heavy atom. The van der Waals surface area contributed by atoms with Gasteiger partial charge in [-0.2, -0.15) is 29.3 Å². The Bertz CT molecular complexity index is 137. The molecule has 0 saturated carbocycles. The van der Waals surface area contributed by atoms with E-state index >= 15 is 0 Å². The van der Waals surface area contributed by atoms with E-state index in [1.165, 1.54) is 11.1 Å². The van der Waals surface area contributed by atoms with Crippen LogP contribution in [0.1, 0.15) is 11.1 Å². The second-order valence-electron chi connectivity index (χ2n) is 1.89. The fourth-order valence-electron chi connectivity index (χ4n) is 0.600. The fraction of sp³-hybridized carbons (Fsp3) is 0.222. The van der Waals surface area contributed by atoms with Gasteiger partial charge in [-0.05, 0) is 0 Å². The van der Waals surface area contributed by atoms with Gasteiger partial charge in [-0.25, -0.2) is 0 Å². The summed E-state index contributed by atoms with van der Waals surface area (Å²) in [4.78, 5) is 0. The molecule has 10 heavy (non-hydrogen) atoms. The van der Waals surface area contributed by atoms with Gasteiger partial charge < -0.3 is 14.9 Å². The molecular weight excluding hydrogens is 156 g/mol. The van der Waals surface area contributed by atoms with E-state index in [1.54, 1.807) is 0 Å². The van der Waals surface area contributed by atoms with Crippen LogP contribution in [0.4, 0.5) is 0 Å². The number of hydrogen-bond acceptors (Lipinski definition) is 0. The van der Waals surface area contributed by atoms with E-state index in [0.29, 0.717) is 0 Å². The van der Waals surface area contributed by atoms with Gasteiger partial charge in [0.1, 0.15) is 0 Å². The van der Waals surface area contributed by atoms with Crippen LogP contribution >= 0.6 is 0 Å². The monoisotopic (exact) mass is 171 g/mol. The van der Waals surface area contributed by atoms with Crippen molar-refractivity contribution in [2.45, 2.75) is 13.8 Å². The molecule has 1 aromatic carbocycles. The van der Waals surface area contributed by atoms with Gasteiger partial charge in [0, 0.05) is 0 Å². The molecule has 0 bridgehead atoms. The molecule has 0 unspecified atom stereocenters. The number of rotatable bonds is 0. The van der Waals surface area contributed by atoms with Gasteiger partial charge in [0.15, 0.2) is 0 Å². The van der Waals surface area contributed by atoms with Crippen LogP contribution < -0.4 is 0 Å². The normalized spacial score (nSPS) is 6.60. The standard InChI is InChI=1S/C7H9.2CH3.Ti/c1-6-4-3-5-7(6)2;;;/h3-5H,1-2H3;2*1H3;/q3*-1;+3. The van der Waals surface area contributed by atoms with E-state index in [-0.39, 0.29) is 36.6 Å². The second kappa shape index (κ2) is 7.17. The first-order valence-electron chi connectivity index (χ1n) is 2.49. The van der Waals surface area contributed by atoms with Crippen molar-refractivity contribution in [1.82, 2.24) is 0 Å². The van der Waals surface area contributed by atoms with Crippen molar-refractivity contribution in [1.29, 1.82) is 0 Å². The third kappa shape index (κ3) is 3.97. The van der Waals surface area contributed by atoms with E-state index < -0.39 is 0 Å². The first-order chi connectivity index (χ1) is 3.30. The molecule has 0 nitrogen and oxygen atoms in total. The molecule has 55 valence electrons. The third-order valence-electron chi connectivity index (χ3n) is 1.31. The van der Waals surface area contributed by atoms with Crippen molar-refractivity contribution in [3.05, 3.63) is 44.2 Å². The van der Waals surface area contributed by atoms with Crippen molar-refractivity contribution < 1.29 is 21.7 Å². The fourth-order valence-corrected chi connectivity index (χ4v) is 0.600. The number of aryl methyl sites for hydroxylation is 2. The maximum absolute atomic E-state index is 2.12. The van der Waals surface area contributed by atoms with Gasteiger partial charge in [-0.3, -0.25) is 0 Å². The topological polar surface area (TPSA) is 0 Å². The average Bonchev–Trinajstić information content (AvgIpc) is 1.91. The minimum Gasteiger partial charge on any atom is -0.358 e. The Balaban J connectivity index is -0.000000163. The van der Waals surface area contributed by atoms with Crippen molar-refractivity contribution in [2.24, 2.45) is 0 Å².